The molecule has 136 valence electrons. The van der Waals surface area contributed by atoms with Gasteiger partial charge < -0.3 is 15.5 Å². The molecule has 0 spiro atoms. The molecule has 0 saturated carbocycles. The second-order valence-electron chi connectivity index (χ2n) is 6.79. The molecule has 2 aromatic carbocycles. The first-order valence-corrected chi connectivity index (χ1v) is 9.40. The van der Waals surface area contributed by atoms with Gasteiger partial charge >= 0.3 is 0 Å². The van der Waals surface area contributed by atoms with Crippen LogP contribution < -0.4 is 10.6 Å². The van der Waals surface area contributed by atoms with Crippen molar-refractivity contribution in [3.05, 3.63) is 64.7 Å². The first-order valence-electron chi connectivity index (χ1n) is 8.99. The fourth-order valence-corrected chi connectivity index (χ4v) is 3.32. The summed E-state index contributed by atoms with van der Waals surface area (Å²) in [7, 11) is 0. The Morgan fingerprint density at radius 2 is 1.88 bits per heavy atom. The molecule has 3 rings (SSSR count). The summed E-state index contributed by atoms with van der Waals surface area (Å²) in [5.41, 5.74) is 5.82. The predicted octanol–water partition coefficient (Wildman–Crippen LogP) is 3.91. The van der Waals surface area contributed by atoms with Crippen LogP contribution in [0.2, 0.25) is 0 Å². The van der Waals surface area contributed by atoms with Gasteiger partial charge in [0.1, 0.15) is 0 Å². The minimum Gasteiger partial charge on any atom is -0.358 e. The van der Waals surface area contributed by atoms with Crippen molar-refractivity contribution < 1.29 is 4.79 Å². The summed E-state index contributed by atoms with van der Waals surface area (Å²) < 4.78 is 0. The van der Waals surface area contributed by atoms with E-state index in [-0.39, 0.29) is 5.91 Å². The number of thiocarbonyl (C=S) groups is 1. The highest BCUT2D eigenvalue weighted by Crippen LogP contribution is 2.17. The minimum absolute atomic E-state index is 0.250. The van der Waals surface area contributed by atoms with Crippen molar-refractivity contribution in [2.24, 2.45) is 0 Å². The van der Waals surface area contributed by atoms with Gasteiger partial charge in [-0.15, -0.1) is 0 Å². The van der Waals surface area contributed by atoms with E-state index in [0.29, 0.717) is 24.6 Å². The third kappa shape index (κ3) is 4.61. The van der Waals surface area contributed by atoms with E-state index in [4.69, 9.17) is 12.2 Å². The second-order valence-corrected chi connectivity index (χ2v) is 7.20. The molecule has 1 aliphatic rings. The zero-order valence-corrected chi connectivity index (χ0v) is 16.2. The highest BCUT2D eigenvalue weighted by molar-refractivity contribution is 7.80. The zero-order chi connectivity index (χ0) is 18.5. The van der Waals surface area contributed by atoms with Gasteiger partial charge in [0.25, 0.3) is 0 Å². The SMILES string of the molecule is Cc1ccc(NC(=S)NCc2ccccc2CN2CCCC2=O)cc1C. The summed E-state index contributed by atoms with van der Waals surface area (Å²) in [6, 6.07) is 14.4. The van der Waals surface area contributed by atoms with Gasteiger partial charge in [-0.2, -0.15) is 0 Å². The Kier molecular flexibility index (Phi) is 5.89. The van der Waals surface area contributed by atoms with E-state index >= 15 is 0 Å². The maximum atomic E-state index is 11.9. The van der Waals surface area contributed by atoms with Crippen molar-refractivity contribution in [2.45, 2.75) is 39.8 Å². The molecule has 1 aliphatic heterocycles. The van der Waals surface area contributed by atoms with Crippen molar-refractivity contribution >= 4 is 28.9 Å². The number of hydrogen-bond donors (Lipinski definition) is 2. The summed E-state index contributed by atoms with van der Waals surface area (Å²) in [6.45, 7) is 6.35. The minimum atomic E-state index is 0.250. The smallest absolute Gasteiger partial charge is 0.222 e. The van der Waals surface area contributed by atoms with Crippen molar-refractivity contribution in [3.63, 3.8) is 0 Å². The first kappa shape index (κ1) is 18.4. The molecule has 0 radical (unpaired) electrons. The Morgan fingerprint density at radius 3 is 2.58 bits per heavy atom. The fourth-order valence-electron chi connectivity index (χ4n) is 3.13. The maximum Gasteiger partial charge on any atom is 0.222 e. The zero-order valence-electron chi connectivity index (χ0n) is 15.3. The van der Waals surface area contributed by atoms with Crippen LogP contribution in [0.3, 0.4) is 0 Å². The average molecular weight is 368 g/mol. The number of likely N-dealkylation sites (tertiary alicyclic amines) is 1. The lowest BCUT2D eigenvalue weighted by Gasteiger charge is -2.19. The number of carbonyl (C=O) groups is 1. The van der Waals surface area contributed by atoms with E-state index in [1.54, 1.807) is 0 Å². The lowest BCUT2D eigenvalue weighted by atomic mass is 10.1. The molecule has 5 heteroatoms. The van der Waals surface area contributed by atoms with Crippen LogP contribution in [0.25, 0.3) is 0 Å². The van der Waals surface area contributed by atoms with E-state index in [0.717, 1.165) is 24.2 Å². The summed E-state index contributed by atoms with van der Waals surface area (Å²) in [5.74, 6) is 0.250. The second kappa shape index (κ2) is 8.32. The van der Waals surface area contributed by atoms with Crippen LogP contribution in [0.15, 0.2) is 42.5 Å². The molecule has 1 heterocycles. The van der Waals surface area contributed by atoms with E-state index in [1.807, 2.05) is 23.1 Å². The quantitative estimate of drug-likeness (QED) is 0.787. The van der Waals surface area contributed by atoms with Gasteiger partial charge in [0.2, 0.25) is 5.91 Å². The number of carbonyl (C=O) groups excluding carboxylic acids is 1. The molecule has 1 fully saturated rings. The van der Waals surface area contributed by atoms with Crippen molar-refractivity contribution in [1.29, 1.82) is 0 Å². The fraction of sp³-hybridized carbons (Fsp3) is 0.333. The number of rotatable bonds is 5. The summed E-state index contributed by atoms with van der Waals surface area (Å²) >= 11 is 5.43. The van der Waals surface area contributed by atoms with Crippen molar-refractivity contribution in [3.8, 4) is 0 Å². The number of aryl methyl sites for hydroxylation is 2. The Labute approximate surface area is 160 Å². The van der Waals surface area contributed by atoms with Gasteiger partial charge in [-0.05, 0) is 66.9 Å². The van der Waals surface area contributed by atoms with Crippen molar-refractivity contribution in [2.75, 3.05) is 11.9 Å². The van der Waals surface area contributed by atoms with Gasteiger partial charge in [0.05, 0.1) is 0 Å². The van der Waals surface area contributed by atoms with Crippen LogP contribution in [-0.4, -0.2) is 22.5 Å². The van der Waals surface area contributed by atoms with Crippen LogP contribution in [0.1, 0.15) is 35.1 Å². The molecular weight excluding hydrogens is 342 g/mol. The molecule has 4 nitrogen and oxygen atoms in total. The van der Waals surface area contributed by atoms with Gasteiger partial charge in [0.15, 0.2) is 5.11 Å². The third-order valence-electron chi connectivity index (χ3n) is 4.86. The van der Waals surface area contributed by atoms with E-state index in [1.165, 1.54) is 16.7 Å². The van der Waals surface area contributed by atoms with E-state index in [9.17, 15) is 4.79 Å². The molecule has 1 amide bonds. The number of nitrogens with zero attached hydrogens (tertiary/aromatic N) is 1. The molecule has 26 heavy (non-hydrogen) atoms. The van der Waals surface area contributed by atoms with Crippen LogP contribution in [0.5, 0.6) is 0 Å². The number of anilines is 1. The number of hydrogen-bond acceptors (Lipinski definition) is 2. The maximum absolute atomic E-state index is 11.9. The normalized spacial score (nSPS) is 13.8. The molecule has 0 atom stereocenters. The largest absolute Gasteiger partial charge is 0.358 e. The lowest BCUT2D eigenvalue weighted by molar-refractivity contribution is -0.128. The summed E-state index contributed by atoms with van der Waals surface area (Å²) in [4.78, 5) is 13.8. The monoisotopic (exact) mass is 367 g/mol. The molecule has 0 aliphatic carbocycles. The van der Waals surface area contributed by atoms with Crippen LogP contribution >= 0.6 is 12.2 Å². The highest BCUT2D eigenvalue weighted by Gasteiger charge is 2.20. The summed E-state index contributed by atoms with van der Waals surface area (Å²) in [5, 5.41) is 7.11. The lowest BCUT2D eigenvalue weighted by Crippen LogP contribution is -2.29. The molecule has 1 saturated heterocycles. The topological polar surface area (TPSA) is 44.4 Å². The standard InChI is InChI=1S/C21H25N3OS/c1-15-9-10-19(12-16(15)2)23-21(26)22-13-17-6-3-4-7-18(17)14-24-11-5-8-20(24)25/h3-4,6-7,9-10,12H,5,8,11,13-14H2,1-2H3,(H2,22,23,26). The van der Waals surface area contributed by atoms with Gasteiger partial charge in [0, 0.05) is 31.7 Å². The molecule has 0 unspecified atom stereocenters. The molecule has 2 aromatic rings. The number of amides is 1. The Morgan fingerprint density at radius 1 is 1.12 bits per heavy atom. The number of benzene rings is 2. The van der Waals surface area contributed by atoms with Gasteiger partial charge in [-0.25, -0.2) is 0 Å². The van der Waals surface area contributed by atoms with Gasteiger partial charge in [-0.1, -0.05) is 30.3 Å². The van der Waals surface area contributed by atoms with Gasteiger partial charge in [-0.3, -0.25) is 4.79 Å². The molecule has 2 N–H and O–H groups in total. The van der Waals surface area contributed by atoms with Crippen LogP contribution in [0, 0.1) is 13.8 Å². The first-order chi connectivity index (χ1) is 12.5. The Balaban J connectivity index is 1.59. The predicted molar refractivity (Wildman–Crippen MR) is 110 cm³/mol. The van der Waals surface area contributed by atoms with Crippen LogP contribution in [0.4, 0.5) is 5.69 Å². The van der Waals surface area contributed by atoms with E-state index < -0.39 is 0 Å². The molecular formula is C21H25N3OS. The average Bonchev–Trinajstić information content (AvgIpc) is 3.02. The van der Waals surface area contributed by atoms with Crippen LogP contribution in [-0.2, 0) is 17.9 Å². The highest BCUT2D eigenvalue weighted by atomic mass is 32.1. The Hall–Kier alpha value is -2.40. The number of nitrogens with one attached hydrogen (secondary N) is 2. The molecule has 0 aromatic heterocycles. The third-order valence-corrected chi connectivity index (χ3v) is 5.10. The van der Waals surface area contributed by atoms with E-state index in [2.05, 4.69) is 48.7 Å². The molecule has 0 bridgehead atoms. The van der Waals surface area contributed by atoms with Crippen molar-refractivity contribution in [1.82, 2.24) is 10.2 Å². The Bertz CT molecular complexity index is 819. The summed E-state index contributed by atoms with van der Waals surface area (Å²) in [6.07, 6.45) is 1.63.